The maximum Gasteiger partial charge on any atom is 0.233 e. The third kappa shape index (κ3) is 3.04. The number of nitrogens with one attached hydrogen (secondary N) is 1. The Balaban J connectivity index is 2.32. The van der Waals surface area contributed by atoms with Crippen LogP contribution in [-0.2, 0) is 10.0 Å². The lowest BCUT2D eigenvalue weighted by atomic mass is 10.2. The summed E-state index contributed by atoms with van der Waals surface area (Å²) in [7, 11) is -3.31. The topological polar surface area (TPSA) is 72.0 Å². The highest BCUT2D eigenvalue weighted by Gasteiger charge is 2.09. The van der Waals surface area contributed by atoms with Gasteiger partial charge in [-0.15, -0.1) is 0 Å². The van der Waals surface area contributed by atoms with Crippen molar-refractivity contribution in [3.05, 3.63) is 42.6 Å². The molecule has 0 bridgehead atoms. The van der Waals surface area contributed by atoms with E-state index in [9.17, 15) is 8.42 Å². The summed E-state index contributed by atoms with van der Waals surface area (Å²) in [6, 6.07) is 10.9. The van der Waals surface area contributed by atoms with Gasteiger partial charge in [0.1, 0.15) is 5.82 Å². The number of hydrogen-bond donors (Lipinski definition) is 1. The van der Waals surface area contributed by atoms with Gasteiger partial charge < -0.3 is 0 Å². The zero-order valence-corrected chi connectivity index (χ0v) is 10.7. The molecule has 0 saturated heterocycles. The van der Waals surface area contributed by atoms with Crippen LogP contribution in [0.2, 0.25) is 0 Å². The Bertz CT molecular complexity index is 627. The van der Waals surface area contributed by atoms with Crippen LogP contribution in [0.3, 0.4) is 0 Å². The molecule has 0 amide bonds. The van der Waals surface area contributed by atoms with Gasteiger partial charge >= 0.3 is 0 Å². The highest BCUT2D eigenvalue weighted by molar-refractivity contribution is 7.92. The SMILES string of the molecule is CCS(=O)(=O)Nc1ccnc(-c2ccccc2)n1. The third-order valence-corrected chi connectivity index (χ3v) is 3.61. The van der Waals surface area contributed by atoms with Gasteiger partial charge in [-0.05, 0) is 13.0 Å². The van der Waals surface area contributed by atoms with Crippen LogP contribution >= 0.6 is 0 Å². The third-order valence-electron chi connectivity index (χ3n) is 2.33. The summed E-state index contributed by atoms with van der Waals surface area (Å²) >= 11 is 0. The summed E-state index contributed by atoms with van der Waals surface area (Å²) in [6.45, 7) is 1.57. The van der Waals surface area contributed by atoms with Gasteiger partial charge in [0.25, 0.3) is 0 Å². The van der Waals surface area contributed by atoms with E-state index in [1.807, 2.05) is 30.3 Å². The predicted octanol–water partition coefficient (Wildman–Crippen LogP) is 1.91. The standard InChI is InChI=1S/C12H13N3O2S/c1-2-18(16,17)15-11-8-9-13-12(14-11)10-6-4-3-5-7-10/h3-9H,2H2,1H3,(H,13,14,15). The number of sulfonamides is 1. The number of rotatable bonds is 4. The Kier molecular flexibility index (Phi) is 3.57. The largest absolute Gasteiger partial charge is 0.267 e. The molecule has 1 aromatic heterocycles. The highest BCUT2D eigenvalue weighted by atomic mass is 32.2. The van der Waals surface area contributed by atoms with Crippen molar-refractivity contribution in [1.82, 2.24) is 9.97 Å². The Labute approximate surface area is 106 Å². The molecule has 1 aromatic carbocycles. The van der Waals surface area contributed by atoms with Gasteiger partial charge in [-0.25, -0.2) is 18.4 Å². The molecule has 0 aliphatic rings. The van der Waals surface area contributed by atoms with Crippen molar-refractivity contribution in [2.45, 2.75) is 6.92 Å². The Morgan fingerprint density at radius 2 is 1.89 bits per heavy atom. The summed E-state index contributed by atoms with van der Waals surface area (Å²) in [5.41, 5.74) is 0.843. The molecule has 1 N–H and O–H groups in total. The molecule has 0 aliphatic carbocycles. The van der Waals surface area contributed by atoms with E-state index in [0.29, 0.717) is 5.82 Å². The number of hydrogen-bond acceptors (Lipinski definition) is 4. The van der Waals surface area contributed by atoms with E-state index < -0.39 is 10.0 Å². The molecular weight excluding hydrogens is 250 g/mol. The zero-order valence-electron chi connectivity index (χ0n) is 9.87. The van der Waals surface area contributed by atoms with Crippen molar-refractivity contribution in [2.24, 2.45) is 0 Å². The molecule has 2 rings (SSSR count). The van der Waals surface area contributed by atoms with E-state index >= 15 is 0 Å². The molecule has 0 spiro atoms. The molecule has 0 unspecified atom stereocenters. The van der Waals surface area contributed by atoms with E-state index in [0.717, 1.165) is 5.56 Å². The molecule has 0 radical (unpaired) electrons. The fraction of sp³-hybridized carbons (Fsp3) is 0.167. The molecular formula is C12H13N3O2S. The van der Waals surface area contributed by atoms with E-state index in [1.165, 1.54) is 12.3 Å². The van der Waals surface area contributed by atoms with Crippen LogP contribution in [-0.4, -0.2) is 24.1 Å². The lowest BCUT2D eigenvalue weighted by Crippen LogP contribution is -2.15. The first-order valence-corrected chi connectivity index (χ1v) is 7.15. The number of aromatic nitrogens is 2. The van der Waals surface area contributed by atoms with Crippen LogP contribution in [0.15, 0.2) is 42.6 Å². The molecule has 0 fully saturated rings. The van der Waals surface area contributed by atoms with Crippen molar-refractivity contribution in [3.63, 3.8) is 0 Å². The van der Waals surface area contributed by atoms with Gasteiger partial charge in [0.05, 0.1) is 5.75 Å². The monoisotopic (exact) mass is 263 g/mol. The van der Waals surface area contributed by atoms with Crippen molar-refractivity contribution >= 4 is 15.8 Å². The molecule has 6 heteroatoms. The van der Waals surface area contributed by atoms with E-state index in [2.05, 4.69) is 14.7 Å². The van der Waals surface area contributed by atoms with Gasteiger partial charge in [0.15, 0.2) is 5.82 Å². The maximum absolute atomic E-state index is 11.4. The molecule has 0 aliphatic heterocycles. The molecule has 2 aromatic rings. The first-order valence-electron chi connectivity index (χ1n) is 5.49. The van der Waals surface area contributed by atoms with Gasteiger partial charge in [0, 0.05) is 11.8 Å². The van der Waals surface area contributed by atoms with E-state index in [1.54, 1.807) is 6.92 Å². The van der Waals surface area contributed by atoms with Crippen molar-refractivity contribution in [2.75, 3.05) is 10.5 Å². The van der Waals surface area contributed by atoms with Gasteiger partial charge in [-0.2, -0.15) is 0 Å². The Morgan fingerprint density at radius 1 is 1.17 bits per heavy atom. The van der Waals surface area contributed by atoms with Crippen LogP contribution in [0.25, 0.3) is 11.4 Å². The molecule has 5 nitrogen and oxygen atoms in total. The van der Waals surface area contributed by atoms with Crippen molar-refractivity contribution in [1.29, 1.82) is 0 Å². The minimum absolute atomic E-state index is 0.0116. The van der Waals surface area contributed by atoms with Gasteiger partial charge in [-0.3, -0.25) is 4.72 Å². The maximum atomic E-state index is 11.4. The second-order valence-electron chi connectivity index (χ2n) is 3.64. The Morgan fingerprint density at radius 3 is 2.56 bits per heavy atom. The quantitative estimate of drug-likeness (QED) is 0.914. The molecule has 0 atom stereocenters. The van der Waals surface area contributed by atoms with Crippen LogP contribution in [0.5, 0.6) is 0 Å². The van der Waals surface area contributed by atoms with Crippen LogP contribution < -0.4 is 4.72 Å². The molecule has 94 valence electrons. The van der Waals surface area contributed by atoms with Crippen LogP contribution in [0.4, 0.5) is 5.82 Å². The molecule has 18 heavy (non-hydrogen) atoms. The van der Waals surface area contributed by atoms with Crippen molar-refractivity contribution < 1.29 is 8.42 Å². The molecule has 1 heterocycles. The highest BCUT2D eigenvalue weighted by Crippen LogP contribution is 2.15. The molecule has 0 saturated carbocycles. The smallest absolute Gasteiger partial charge is 0.233 e. The zero-order chi connectivity index (χ0) is 13.0. The van der Waals surface area contributed by atoms with Gasteiger partial charge in [-0.1, -0.05) is 30.3 Å². The summed E-state index contributed by atoms with van der Waals surface area (Å²) in [5, 5.41) is 0. The minimum atomic E-state index is -3.31. The van der Waals surface area contributed by atoms with Crippen LogP contribution in [0, 0.1) is 0 Å². The average molecular weight is 263 g/mol. The summed E-state index contributed by atoms with van der Waals surface area (Å²) in [6.07, 6.45) is 1.53. The number of benzene rings is 1. The second kappa shape index (κ2) is 5.14. The lowest BCUT2D eigenvalue weighted by Gasteiger charge is -2.06. The summed E-state index contributed by atoms with van der Waals surface area (Å²) < 4.78 is 25.3. The minimum Gasteiger partial charge on any atom is -0.267 e. The van der Waals surface area contributed by atoms with E-state index in [-0.39, 0.29) is 11.6 Å². The van der Waals surface area contributed by atoms with Gasteiger partial charge in [0.2, 0.25) is 10.0 Å². The number of anilines is 1. The van der Waals surface area contributed by atoms with Crippen molar-refractivity contribution in [3.8, 4) is 11.4 Å². The summed E-state index contributed by atoms with van der Waals surface area (Å²) in [5.74, 6) is 0.787. The first-order chi connectivity index (χ1) is 8.61. The normalized spacial score (nSPS) is 11.2. The fourth-order valence-electron chi connectivity index (χ4n) is 1.37. The average Bonchev–Trinajstić information content (AvgIpc) is 2.40. The number of nitrogens with zero attached hydrogens (tertiary/aromatic N) is 2. The van der Waals surface area contributed by atoms with Crippen LogP contribution in [0.1, 0.15) is 6.92 Å². The first kappa shape index (κ1) is 12.5. The second-order valence-corrected chi connectivity index (χ2v) is 5.65. The summed E-state index contributed by atoms with van der Waals surface area (Å²) in [4.78, 5) is 8.29. The lowest BCUT2D eigenvalue weighted by molar-refractivity contribution is 0.602. The predicted molar refractivity (Wildman–Crippen MR) is 70.6 cm³/mol. The Hall–Kier alpha value is -1.95. The van der Waals surface area contributed by atoms with E-state index in [4.69, 9.17) is 0 Å². The fourth-order valence-corrected chi connectivity index (χ4v) is 1.95.